The fourth-order valence-electron chi connectivity index (χ4n) is 3.50. The van der Waals surface area contributed by atoms with Crippen molar-refractivity contribution >= 4 is 5.78 Å². The quantitative estimate of drug-likeness (QED) is 0.846. The molecule has 0 spiro atoms. The van der Waals surface area contributed by atoms with Crippen molar-refractivity contribution in [2.24, 2.45) is 0 Å². The molecule has 2 fully saturated rings. The maximum atomic E-state index is 12.3. The van der Waals surface area contributed by atoms with Gasteiger partial charge in [0.1, 0.15) is 0 Å². The highest BCUT2D eigenvalue weighted by atomic mass is 16.3. The lowest BCUT2D eigenvalue weighted by molar-refractivity contribution is 0.0344. The summed E-state index contributed by atoms with van der Waals surface area (Å²) in [6.45, 7) is 2.53. The number of benzene rings is 1. The van der Waals surface area contributed by atoms with Crippen LogP contribution >= 0.6 is 0 Å². The highest BCUT2D eigenvalue weighted by Gasteiger charge is 2.40. The number of rotatable bonds is 3. The van der Waals surface area contributed by atoms with Crippen LogP contribution in [0.5, 0.6) is 0 Å². The number of Topliss-reactive ketones (excluding diaryl/α,β-unsaturated/α-hetero) is 1. The fourth-order valence-corrected chi connectivity index (χ4v) is 3.50. The van der Waals surface area contributed by atoms with Crippen molar-refractivity contribution in [2.75, 3.05) is 6.54 Å². The van der Waals surface area contributed by atoms with E-state index in [9.17, 15) is 9.90 Å². The van der Waals surface area contributed by atoms with Crippen molar-refractivity contribution < 1.29 is 9.90 Å². The molecule has 1 N–H and O–H groups in total. The predicted molar refractivity (Wildman–Crippen MR) is 74.3 cm³/mol. The van der Waals surface area contributed by atoms with Gasteiger partial charge in [0, 0.05) is 17.6 Å². The zero-order valence-corrected chi connectivity index (χ0v) is 11.4. The first kappa shape index (κ1) is 12.8. The van der Waals surface area contributed by atoms with Crippen LogP contribution in [0.1, 0.15) is 41.6 Å². The Kier molecular flexibility index (Phi) is 3.42. The van der Waals surface area contributed by atoms with E-state index in [0.717, 1.165) is 31.2 Å². The molecular formula is C16H21NO2. The maximum Gasteiger partial charge on any atom is 0.176 e. The smallest absolute Gasteiger partial charge is 0.176 e. The van der Waals surface area contributed by atoms with Gasteiger partial charge in [0.25, 0.3) is 0 Å². The molecule has 102 valence electrons. The highest BCUT2D eigenvalue weighted by molar-refractivity contribution is 5.97. The molecule has 2 aliphatic rings. The van der Waals surface area contributed by atoms with E-state index in [4.69, 9.17) is 0 Å². The second-order valence-electron chi connectivity index (χ2n) is 5.97. The fraction of sp³-hybridized carbons (Fsp3) is 0.562. The van der Waals surface area contributed by atoms with Crippen molar-refractivity contribution in [2.45, 2.75) is 50.8 Å². The SMILES string of the molecule is Cc1ccc(C(=O)CN2C3CCC2CC(O)C3)cc1. The number of aryl methyl sites for hydroxylation is 1. The lowest BCUT2D eigenvalue weighted by Crippen LogP contribution is -2.46. The van der Waals surface area contributed by atoms with Crippen molar-refractivity contribution in [3.8, 4) is 0 Å². The minimum atomic E-state index is -0.164. The number of nitrogens with zero attached hydrogens (tertiary/aromatic N) is 1. The van der Waals surface area contributed by atoms with Crippen LogP contribution in [0.25, 0.3) is 0 Å². The van der Waals surface area contributed by atoms with Crippen LogP contribution in [0.4, 0.5) is 0 Å². The number of carbonyl (C=O) groups excluding carboxylic acids is 1. The molecule has 1 aromatic carbocycles. The van der Waals surface area contributed by atoms with E-state index in [1.54, 1.807) is 0 Å². The number of hydrogen-bond acceptors (Lipinski definition) is 3. The molecule has 2 heterocycles. The van der Waals surface area contributed by atoms with Gasteiger partial charge < -0.3 is 5.11 Å². The Morgan fingerprint density at radius 3 is 2.37 bits per heavy atom. The minimum Gasteiger partial charge on any atom is -0.393 e. The molecule has 3 rings (SSSR count). The van der Waals surface area contributed by atoms with Crippen LogP contribution in [0.3, 0.4) is 0 Å². The maximum absolute atomic E-state index is 12.3. The highest BCUT2D eigenvalue weighted by Crippen LogP contribution is 2.35. The van der Waals surface area contributed by atoms with Gasteiger partial charge in [-0.3, -0.25) is 9.69 Å². The standard InChI is InChI=1S/C16H21NO2/c1-11-2-4-12(5-3-11)16(19)10-17-13-6-7-14(17)9-15(18)8-13/h2-5,13-15,18H,6-10H2,1H3. The second kappa shape index (κ2) is 5.06. The summed E-state index contributed by atoms with van der Waals surface area (Å²) in [6, 6.07) is 8.62. The monoisotopic (exact) mass is 259 g/mol. The Labute approximate surface area is 114 Å². The molecule has 0 aliphatic carbocycles. The summed E-state index contributed by atoms with van der Waals surface area (Å²) >= 11 is 0. The van der Waals surface area contributed by atoms with Crippen LogP contribution < -0.4 is 0 Å². The van der Waals surface area contributed by atoms with Gasteiger partial charge in [-0.15, -0.1) is 0 Å². The van der Waals surface area contributed by atoms with Gasteiger partial charge in [0.15, 0.2) is 5.78 Å². The lowest BCUT2D eigenvalue weighted by atomic mass is 9.98. The topological polar surface area (TPSA) is 40.5 Å². The summed E-state index contributed by atoms with van der Waals surface area (Å²) in [5.41, 5.74) is 1.98. The Balaban J connectivity index is 1.69. The summed E-state index contributed by atoms with van der Waals surface area (Å²) in [5, 5.41) is 9.78. The average Bonchev–Trinajstić information content (AvgIpc) is 2.62. The first-order valence-corrected chi connectivity index (χ1v) is 7.17. The van der Waals surface area contributed by atoms with E-state index in [1.807, 2.05) is 31.2 Å². The molecule has 0 aromatic heterocycles. The molecule has 2 unspecified atom stereocenters. The van der Waals surface area contributed by atoms with Crippen molar-refractivity contribution in [1.29, 1.82) is 0 Å². The van der Waals surface area contributed by atoms with E-state index in [1.165, 1.54) is 5.56 Å². The third-order valence-electron chi connectivity index (χ3n) is 4.56. The molecule has 2 aliphatic heterocycles. The first-order chi connectivity index (χ1) is 9.13. The molecule has 3 nitrogen and oxygen atoms in total. The number of piperidine rings is 1. The van der Waals surface area contributed by atoms with Gasteiger partial charge in [-0.25, -0.2) is 0 Å². The summed E-state index contributed by atoms with van der Waals surface area (Å²) in [6.07, 6.45) is 3.75. The lowest BCUT2D eigenvalue weighted by Gasteiger charge is -2.36. The van der Waals surface area contributed by atoms with Gasteiger partial charge in [-0.05, 0) is 32.6 Å². The van der Waals surface area contributed by atoms with Gasteiger partial charge in [-0.2, -0.15) is 0 Å². The van der Waals surface area contributed by atoms with E-state index >= 15 is 0 Å². The van der Waals surface area contributed by atoms with Crippen LogP contribution in [0, 0.1) is 6.92 Å². The third kappa shape index (κ3) is 2.58. The molecular weight excluding hydrogens is 238 g/mol. The van der Waals surface area contributed by atoms with Crippen LogP contribution in [0.15, 0.2) is 24.3 Å². The summed E-state index contributed by atoms with van der Waals surface area (Å²) < 4.78 is 0. The number of aliphatic hydroxyl groups excluding tert-OH is 1. The molecule has 3 heteroatoms. The van der Waals surface area contributed by atoms with Gasteiger partial charge in [0.2, 0.25) is 0 Å². The number of aliphatic hydroxyl groups is 1. The largest absolute Gasteiger partial charge is 0.393 e. The van der Waals surface area contributed by atoms with Crippen LogP contribution in [0.2, 0.25) is 0 Å². The molecule has 19 heavy (non-hydrogen) atoms. The first-order valence-electron chi connectivity index (χ1n) is 7.17. The Morgan fingerprint density at radius 1 is 1.21 bits per heavy atom. The predicted octanol–water partition coefficient (Wildman–Crippen LogP) is 2.17. The van der Waals surface area contributed by atoms with E-state index in [0.29, 0.717) is 18.6 Å². The minimum absolute atomic E-state index is 0.164. The molecule has 2 saturated heterocycles. The molecule has 0 radical (unpaired) electrons. The molecule has 2 bridgehead atoms. The molecule has 0 amide bonds. The normalized spacial score (nSPS) is 30.5. The third-order valence-corrected chi connectivity index (χ3v) is 4.56. The molecule has 2 atom stereocenters. The Hall–Kier alpha value is -1.19. The van der Waals surface area contributed by atoms with Gasteiger partial charge in [0.05, 0.1) is 12.6 Å². The van der Waals surface area contributed by atoms with Crippen molar-refractivity contribution in [3.05, 3.63) is 35.4 Å². The second-order valence-corrected chi connectivity index (χ2v) is 5.97. The van der Waals surface area contributed by atoms with Crippen LogP contribution in [-0.2, 0) is 0 Å². The summed E-state index contributed by atoms with van der Waals surface area (Å²) in [5.74, 6) is 0.202. The Morgan fingerprint density at radius 2 is 1.79 bits per heavy atom. The number of carbonyl (C=O) groups is 1. The van der Waals surface area contributed by atoms with Gasteiger partial charge >= 0.3 is 0 Å². The van der Waals surface area contributed by atoms with E-state index in [-0.39, 0.29) is 11.9 Å². The summed E-state index contributed by atoms with van der Waals surface area (Å²) in [7, 11) is 0. The Bertz CT molecular complexity index is 454. The number of hydrogen-bond donors (Lipinski definition) is 1. The average molecular weight is 259 g/mol. The van der Waals surface area contributed by atoms with Crippen molar-refractivity contribution in [1.82, 2.24) is 4.90 Å². The molecule has 0 saturated carbocycles. The molecule has 1 aromatic rings. The summed E-state index contributed by atoms with van der Waals surface area (Å²) in [4.78, 5) is 14.6. The van der Waals surface area contributed by atoms with Crippen molar-refractivity contribution in [3.63, 3.8) is 0 Å². The zero-order chi connectivity index (χ0) is 13.4. The zero-order valence-electron chi connectivity index (χ0n) is 11.4. The number of fused-ring (bicyclic) bond motifs is 2. The van der Waals surface area contributed by atoms with E-state index < -0.39 is 0 Å². The van der Waals surface area contributed by atoms with Gasteiger partial charge in [-0.1, -0.05) is 29.8 Å². The van der Waals surface area contributed by atoms with Crippen LogP contribution in [-0.4, -0.2) is 40.5 Å². The van der Waals surface area contributed by atoms with E-state index in [2.05, 4.69) is 4.90 Å². The number of ketones is 1.